The van der Waals surface area contributed by atoms with Crippen LogP contribution in [0.3, 0.4) is 0 Å². The number of hydrogen-bond acceptors (Lipinski definition) is 12. The number of esters is 5. The summed E-state index contributed by atoms with van der Waals surface area (Å²) in [5, 5.41) is 25.4. The molecule has 0 unspecified atom stereocenters. The molecule has 1 aliphatic heterocycles. The van der Waals surface area contributed by atoms with E-state index in [9.17, 15) is 34.2 Å². The highest BCUT2D eigenvalue weighted by atomic mass is 16.6. The number of hydrogen-bond donors (Lipinski definition) is 2. The fraction of sp³-hybridized carbons (Fsp3) is 0.774. The van der Waals surface area contributed by atoms with Gasteiger partial charge in [0.1, 0.15) is 31.5 Å². The normalized spacial score (nSPS) is 43.2. The lowest BCUT2D eigenvalue weighted by Gasteiger charge is -2.68. The Morgan fingerprint density at radius 1 is 0.930 bits per heavy atom. The number of rotatable bonds is 6. The van der Waals surface area contributed by atoms with Gasteiger partial charge in [-0.3, -0.25) is 19.2 Å². The number of aliphatic hydroxyl groups is 2. The van der Waals surface area contributed by atoms with Crippen molar-refractivity contribution < 1.29 is 57.9 Å². The molecule has 0 aromatic carbocycles. The van der Waals surface area contributed by atoms with Crippen molar-refractivity contribution in [2.45, 2.75) is 109 Å². The first-order chi connectivity index (χ1) is 20.1. The van der Waals surface area contributed by atoms with Crippen LogP contribution in [0, 0.1) is 28.6 Å². The summed E-state index contributed by atoms with van der Waals surface area (Å²) < 4.78 is 28.3. The van der Waals surface area contributed by atoms with Crippen molar-refractivity contribution in [2.75, 3.05) is 13.2 Å². The van der Waals surface area contributed by atoms with Crippen molar-refractivity contribution in [2.24, 2.45) is 28.6 Å². The lowest BCUT2D eigenvalue weighted by atomic mass is 9.40. The monoisotopic (exact) mass is 606 g/mol. The predicted octanol–water partition coefficient (Wildman–Crippen LogP) is 1.92. The highest BCUT2D eigenvalue weighted by molar-refractivity contribution is 5.85. The minimum absolute atomic E-state index is 0.0173. The second-order valence-corrected chi connectivity index (χ2v) is 13.4. The number of cyclic esters (lactones) is 1. The van der Waals surface area contributed by atoms with E-state index in [4.69, 9.17) is 23.7 Å². The molecule has 43 heavy (non-hydrogen) atoms. The van der Waals surface area contributed by atoms with E-state index in [0.29, 0.717) is 19.3 Å². The average Bonchev–Trinajstić information content (AvgIpc) is 3.41. The van der Waals surface area contributed by atoms with Gasteiger partial charge in [-0.2, -0.15) is 0 Å². The minimum Gasteiger partial charge on any atom is -0.465 e. The summed E-state index contributed by atoms with van der Waals surface area (Å²) in [7, 11) is 0. The second kappa shape index (κ2) is 10.9. The quantitative estimate of drug-likeness (QED) is 0.333. The Bertz CT molecular complexity index is 1240. The molecular weight excluding hydrogens is 564 g/mol. The molecule has 12 heteroatoms. The Morgan fingerprint density at radius 2 is 1.60 bits per heavy atom. The summed E-state index contributed by atoms with van der Waals surface area (Å²) in [5.74, 6) is -4.43. The van der Waals surface area contributed by atoms with Gasteiger partial charge in [-0.05, 0) is 49.5 Å². The lowest BCUT2D eigenvalue weighted by Crippen LogP contribution is -2.76. The average molecular weight is 607 g/mol. The summed E-state index contributed by atoms with van der Waals surface area (Å²) in [6.45, 7) is 6.70. The molecule has 2 N–H and O–H groups in total. The standard InChI is InChI=1S/C31H42O12/c1-16(32)40-15-30-25(43-19(4)35)11-21(41-17(2)33)12-29(30,37)8-6-23-27(30)24(42-18(3)34)13-28(5)22(7-9-31(23,28)38)20-10-26(36)39-14-20/h10,21-25,27,37-38H,6-9,11-15H2,1-5H3/t21-,22-,23-,24-,25-,27-,28-,29-,30-,31-/m1/s1. The molecule has 10 atom stereocenters. The van der Waals surface area contributed by atoms with Crippen LogP contribution in [0.1, 0.15) is 79.6 Å². The molecule has 1 heterocycles. The van der Waals surface area contributed by atoms with Gasteiger partial charge >= 0.3 is 29.8 Å². The highest BCUT2D eigenvalue weighted by Crippen LogP contribution is 2.71. The van der Waals surface area contributed by atoms with Crippen LogP contribution in [0.4, 0.5) is 0 Å². The molecule has 5 rings (SSSR count). The zero-order valence-corrected chi connectivity index (χ0v) is 25.4. The van der Waals surface area contributed by atoms with Crippen LogP contribution in [0.15, 0.2) is 11.6 Å². The van der Waals surface area contributed by atoms with Gasteiger partial charge in [0.25, 0.3) is 0 Å². The number of carbonyl (C=O) groups excluding carboxylic acids is 5. The first-order valence-electron chi connectivity index (χ1n) is 15.0. The largest absolute Gasteiger partial charge is 0.465 e. The number of fused-ring (bicyclic) bond motifs is 5. The molecule has 0 aromatic heterocycles. The Labute approximate surface area is 250 Å². The van der Waals surface area contributed by atoms with Crippen LogP contribution in [0.5, 0.6) is 0 Å². The smallest absolute Gasteiger partial charge is 0.331 e. The summed E-state index contributed by atoms with van der Waals surface area (Å²) in [4.78, 5) is 61.4. The van der Waals surface area contributed by atoms with Gasteiger partial charge in [0.15, 0.2) is 0 Å². The fourth-order valence-electron chi connectivity index (χ4n) is 9.80. The molecule has 4 fully saturated rings. The number of carbonyl (C=O) groups is 5. The maximum Gasteiger partial charge on any atom is 0.331 e. The molecule has 5 aliphatic rings. The zero-order chi connectivity index (χ0) is 31.5. The van der Waals surface area contributed by atoms with Crippen molar-refractivity contribution in [3.63, 3.8) is 0 Å². The molecular formula is C31H42O12. The van der Waals surface area contributed by atoms with E-state index in [1.807, 2.05) is 6.92 Å². The molecule has 0 spiro atoms. The van der Waals surface area contributed by atoms with E-state index in [2.05, 4.69) is 0 Å². The van der Waals surface area contributed by atoms with Crippen molar-refractivity contribution in [3.8, 4) is 0 Å². The van der Waals surface area contributed by atoms with Crippen LogP contribution in [-0.2, 0) is 47.7 Å². The minimum atomic E-state index is -1.68. The lowest BCUT2D eigenvalue weighted by molar-refractivity contribution is -0.320. The van der Waals surface area contributed by atoms with E-state index in [1.165, 1.54) is 33.8 Å². The molecule has 0 amide bonds. The van der Waals surface area contributed by atoms with Crippen molar-refractivity contribution in [1.82, 2.24) is 0 Å². The van der Waals surface area contributed by atoms with Gasteiger partial charge in [0.2, 0.25) is 0 Å². The predicted molar refractivity (Wildman–Crippen MR) is 146 cm³/mol. The molecule has 12 nitrogen and oxygen atoms in total. The summed E-state index contributed by atoms with van der Waals surface area (Å²) in [5.41, 5.74) is -4.58. The van der Waals surface area contributed by atoms with Gasteiger partial charge in [-0.1, -0.05) is 6.92 Å². The van der Waals surface area contributed by atoms with Gasteiger partial charge < -0.3 is 33.9 Å². The summed E-state index contributed by atoms with van der Waals surface area (Å²) in [6.07, 6.45) is 0.250. The van der Waals surface area contributed by atoms with Gasteiger partial charge in [-0.25, -0.2) is 4.79 Å². The van der Waals surface area contributed by atoms with Crippen LogP contribution in [0.2, 0.25) is 0 Å². The van der Waals surface area contributed by atoms with Crippen LogP contribution in [-0.4, -0.2) is 82.8 Å². The van der Waals surface area contributed by atoms with E-state index >= 15 is 0 Å². The highest BCUT2D eigenvalue weighted by Gasteiger charge is 2.77. The maximum atomic E-state index is 12.8. The third-order valence-corrected chi connectivity index (χ3v) is 11.2. The number of ether oxygens (including phenoxy) is 5. The zero-order valence-electron chi connectivity index (χ0n) is 25.4. The SMILES string of the molecule is CC(=O)OC[C@@]12[C@@H]3[C@@H](CC[C@@]1(O)C[C@H](OC(C)=O)C[C@H]2OC(C)=O)[C@]1(O)CC[C@H](C2=CC(=O)OC2)[C@@]1(C)C[C@H]3OC(C)=O. The Morgan fingerprint density at radius 3 is 2.19 bits per heavy atom. The Hall–Kier alpha value is -2.99. The van der Waals surface area contributed by atoms with Crippen molar-refractivity contribution in [3.05, 3.63) is 11.6 Å². The molecule has 4 aliphatic carbocycles. The fourth-order valence-corrected chi connectivity index (χ4v) is 9.80. The molecule has 238 valence electrons. The summed E-state index contributed by atoms with van der Waals surface area (Å²) >= 11 is 0. The summed E-state index contributed by atoms with van der Waals surface area (Å²) in [6, 6.07) is 0. The van der Waals surface area contributed by atoms with E-state index < -0.39 is 82.0 Å². The van der Waals surface area contributed by atoms with Crippen molar-refractivity contribution >= 4 is 29.8 Å². The van der Waals surface area contributed by atoms with E-state index in [-0.39, 0.29) is 44.8 Å². The first-order valence-corrected chi connectivity index (χ1v) is 15.0. The topological polar surface area (TPSA) is 172 Å². The van der Waals surface area contributed by atoms with Gasteiger partial charge in [0.05, 0.1) is 16.6 Å². The molecule has 0 aromatic rings. The van der Waals surface area contributed by atoms with Crippen LogP contribution >= 0.6 is 0 Å². The molecule has 0 saturated heterocycles. The second-order valence-electron chi connectivity index (χ2n) is 13.4. The third kappa shape index (κ3) is 4.94. The van der Waals surface area contributed by atoms with Crippen LogP contribution in [0.25, 0.3) is 0 Å². The van der Waals surface area contributed by atoms with E-state index in [0.717, 1.165) is 5.57 Å². The molecule has 0 radical (unpaired) electrons. The maximum absolute atomic E-state index is 12.8. The molecule has 0 bridgehead atoms. The van der Waals surface area contributed by atoms with E-state index in [1.54, 1.807) is 0 Å². The Kier molecular flexibility index (Phi) is 7.95. The Balaban J connectivity index is 1.68. The van der Waals surface area contributed by atoms with Gasteiger partial charge in [-0.15, -0.1) is 0 Å². The van der Waals surface area contributed by atoms with Crippen LogP contribution < -0.4 is 0 Å². The molecule has 4 saturated carbocycles. The third-order valence-electron chi connectivity index (χ3n) is 11.2. The first kappa shape index (κ1) is 31.4. The van der Waals surface area contributed by atoms with Crippen molar-refractivity contribution in [1.29, 1.82) is 0 Å². The van der Waals surface area contributed by atoms with Gasteiger partial charge in [0, 0.05) is 57.9 Å².